The van der Waals surface area contributed by atoms with Gasteiger partial charge in [-0.2, -0.15) is 0 Å². The van der Waals surface area contributed by atoms with Crippen LogP contribution >= 0.6 is 11.3 Å². The van der Waals surface area contributed by atoms with Gasteiger partial charge in [-0.15, -0.1) is 11.3 Å². The van der Waals surface area contributed by atoms with Crippen LogP contribution in [0.15, 0.2) is 35.7 Å². The van der Waals surface area contributed by atoms with Crippen molar-refractivity contribution in [2.75, 3.05) is 25.0 Å². The number of thiophene rings is 1. The van der Waals surface area contributed by atoms with Crippen molar-refractivity contribution in [1.82, 2.24) is 9.88 Å². The molecule has 2 aromatic rings. The molecule has 1 saturated heterocycles. The molecule has 6 heteroatoms. The third-order valence-corrected chi connectivity index (χ3v) is 5.07. The Morgan fingerprint density at radius 2 is 2.13 bits per heavy atom. The summed E-state index contributed by atoms with van der Waals surface area (Å²) >= 11 is 1.82. The van der Waals surface area contributed by atoms with Crippen LogP contribution in [-0.2, 0) is 6.54 Å². The first-order valence-electron chi connectivity index (χ1n) is 7.89. The number of likely N-dealkylation sites (tertiary alicyclic amines) is 1. The molecule has 5 nitrogen and oxygen atoms in total. The van der Waals surface area contributed by atoms with E-state index in [1.54, 1.807) is 6.07 Å². The highest BCUT2D eigenvalue weighted by atomic mass is 32.1. The van der Waals surface area contributed by atoms with Gasteiger partial charge in [0, 0.05) is 18.0 Å². The Kier molecular flexibility index (Phi) is 5.25. The molecular formula is C17H21N3O2S. The van der Waals surface area contributed by atoms with Gasteiger partial charge in [-0.25, -0.2) is 9.78 Å². The number of carboxylic acid groups (broad SMARTS) is 1. The summed E-state index contributed by atoms with van der Waals surface area (Å²) in [5.74, 6) is 0.270. The molecule has 3 heterocycles. The van der Waals surface area contributed by atoms with Gasteiger partial charge < -0.3 is 10.4 Å². The summed E-state index contributed by atoms with van der Waals surface area (Å²) in [5, 5.41) is 14.4. The fourth-order valence-electron chi connectivity index (χ4n) is 2.87. The van der Waals surface area contributed by atoms with E-state index in [4.69, 9.17) is 5.11 Å². The molecule has 2 N–H and O–H groups in total. The van der Waals surface area contributed by atoms with Crippen molar-refractivity contribution in [3.63, 3.8) is 0 Å². The SMILES string of the molecule is O=C(O)c1cccc(NCC2CCN(Cc3cccs3)CC2)n1. The Balaban J connectivity index is 1.44. The lowest BCUT2D eigenvalue weighted by molar-refractivity contribution is 0.0690. The van der Waals surface area contributed by atoms with E-state index in [0.717, 1.165) is 39.0 Å². The molecule has 1 fully saturated rings. The van der Waals surface area contributed by atoms with Crippen LogP contribution in [0.25, 0.3) is 0 Å². The monoisotopic (exact) mass is 331 g/mol. The molecule has 0 saturated carbocycles. The van der Waals surface area contributed by atoms with E-state index in [1.807, 2.05) is 17.4 Å². The number of hydrogen-bond donors (Lipinski definition) is 2. The summed E-state index contributed by atoms with van der Waals surface area (Å²) in [7, 11) is 0. The van der Waals surface area contributed by atoms with Crippen LogP contribution in [0.5, 0.6) is 0 Å². The maximum absolute atomic E-state index is 10.9. The molecule has 0 unspecified atom stereocenters. The minimum Gasteiger partial charge on any atom is -0.477 e. The lowest BCUT2D eigenvalue weighted by Gasteiger charge is -2.31. The van der Waals surface area contributed by atoms with Crippen molar-refractivity contribution in [1.29, 1.82) is 0 Å². The number of rotatable bonds is 6. The van der Waals surface area contributed by atoms with E-state index in [1.165, 1.54) is 10.9 Å². The average molecular weight is 331 g/mol. The molecule has 3 rings (SSSR count). The zero-order valence-corrected chi connectivity index (χ0v) is 13.8. The minimum atomic E-state index is -0.990. The molecule has 0 spiro atoms. The lowest BCUT2D eigenvalue weighted by atomic mass is 9.97. The molecule has 0 bridgehead atoms. The van der Waals surface area contributed by atoms with Crippen LogP contribution in [0.3, 0.4) is 0 Å². The zero-order chi connectivity index (χ0) is 16.1. The highest BCUT2D eigenvalue weighted by Crippen LogP contribution is 2.21. The normalized spacial score (nSPS) is 16.3. The summed E-state index contributed by atoms with van der Waals surface area (Å²) in [5.41, 5.74) is 0.0840. The van der Waals surface area contributed by atoms with Crippen molar-refractivity contribution in [3.05, 3.63) is 46.3 Å². The maximum atomic E-state index is 10.9. The van der Waals surface area contributed by atoms with Gasteiger partial charge in [-0.05, 0) is 55.4 Å². The van der Waals surface area contributed by atoms with Gasteiger partial charge in [-0.3, -0.25) is 4.90 Å². The minimum absolute atomic E-state index is 0.0840. The third-order valence-electron chi connectivity index (χ3n) is 4.21. The number of hydrogen-bond acceptors (Lipinski definition) is 5. The summed E-state index contributed by atoms with van der Waals surface area (Å²) < 4.78 is 0. The topological polar surface area (TPSA) is 65.5 Å². The quantitative estimate of drug-likeness (QED) is 0.851. The third kappa shape index (κ3) is 4.53. The van der Waals surface area contributed by atoms with Crippen LogP contribution in [0.4, 0.5) is 5.82 Å². The van der Waals surface area contributed by atoms with Crippen LogP contribution in [0.2, 0.25) is 0 Å². The Labute approximate surface area is 140 Å². The number of aromatic carboxylic acids is 1. The van der Waals surface area contributed by atoms with Gasteiger partial charge in [0.25, 0.3) is 0 Å². The number of nitrogens with one attached hydrogen (secondary N) is 1. The van der Waals surface area contributed by atoms with E-state index < -0.39 is 5.97 Å². The molecule has 2 aromatic heterocycles. The smallest absolute Gasteiger partial charge is 0.354 e. The Bertz CT molecular complexity index is 637. The van der Waals surface area contributed by atoms with Crippen LogP contribution in [0, 0.1) is 5.92 Å². The van der Waals surface area contributed by atoms with Crippen molar-refractivity contribution < 1.29 is 9.90 Å². The molecule has 0 atom stereocenters. The largest absolute Gasteiger partial charge is 0.477 e. The Morgan fingerprint density at radius 3 is 2.83 bits per heavy atom. The second-order valence-electron chi connectivity index (χ2n) is 5.89. The number of piperidine rings is 1. The lowest BCUT2D eigenvalue weighted by Crippen LogP contribution is -2.35. The molecule has 1 aliphatic rings. The van der Waals surface area contributed by atoms with Gasteiger partial charge in [0.2, 0.25) is 0 Å². The van der Waals surface area contributed by atoms with Gasteiger partial charge in [0.1, 0.15) is 5.82 Å². The van der Waals surface area contributed by atoms with E-state index in [-0.39, 0.29) is 5.69 Å². The van der Waals surface area contributed by atoms with Gasteiger partial charge in [-0.1, -0.05) is 12.1 Å². The Hall–Kier alpha value is -1.92. The van der Waals surface area contributed by atoms with Crippen LogP contribution < -0.4 is 5.32 Å². The summed E-state index contributed by atoms with van der Waals surface area (Å²) in [4.78, 5) is 19.0. The number of aromatic nitrogens is 1. The second kappa shape index (κ2) is 7.57. The van der Waals surface area contributed by atoms with E-state index in [0.29, 0.717) is 11.7 Å². The first kappa shape index (κ1) is 16.0. The maximum Gasteiger partial charge on any atom is 0.354 e. The first-order chi connectivity index (χ1) is 11.2. The number of nitrogens with zero attached hydrogens (tertiary/aromatic N) is 2. The summed E-state index contributed by atoms with van der Waals surface area (Å²) in [6.45, 7) is 4.14. The standard InChI is InChI=1S/C17H21N3O2S/c21-17(22)15-4-1-5-16(19-15)18-11-13-6-8-20(9-7-13)12-14-3-2-10-23-14/h1-5,10,13H,6-9,11-12H2,(H,18,19)(H,21,22). The predicted octanol–water partition coefficient (Wildman–Crippen LogP) is 3.17. The molecule has 0 aliphatic carbocycles. The van der Waals surface area contributed by atoms with Crippen LogP contribution in [0.1, 0.15) is 28.2 Å². The van der Waals surface area contributed by atoms with Gasteiger partial charge in [0.15, 0.2) is 5.69 Å². The molecule has 122 valence electrons. The summed E-state index contributed by atoms with van der Waals surface area (Å²) in [6, 6.07) is 9.35. The number of carboxylic acids is 1. The van der Waals surface area contributed by atoms with E-state index in [2.05, 4.69) is 32.7 Å². The van der Waals surface area contributed by atoms with Crippen molar-refractivity contribution in [2.24, 2.45) is 5.92 Å². The van der Waals surface area contributed by atoms with Gasteiger partial charge >= 0.3 is 5.97 Å². The molecule has 1 aliphatic heterocycles. The van der Waals surface area contributed by atoms with Crippen molar-refractivity contribution in [3.8, 4) is 0 Å². The Morgan fingerprint density at radius 1 is 1.30 bits per heavy atom. The molecular weight excluding hydrogens is 310 g/mol. The molecule has 0 amide bonds. The zero-order valence-electron chi connectivity index (χ0n) is 12.9. The van der Waals surface area contributed by atoms with Crippen molar-refractivity contribution >= 4 is 23.1 Å². The average Bonchev–Trinajstić information content (AvgIpc) is 3.07. The number of carbonyl (C=O) groups is 1. The predicted molar refractivity (Wildman–Crippen MR) is 92.0 cm³/mol. The fourth-order valence-corrected chi connectivity index (χ4v) is 3.62. The number of pyridine rings is 1. The van der Waals surface area contributed by atoms with Crippen molar-refractivity contribution in [2.45, 2.75) is 19.4 Å². The fraction of sp³-hybridized carbons (Fsp3) is 0.412. The highest BCUT2D eigenvalue weighted by molar-refractivity contribution is 7.09. The second-order valence-corrected chi connectivity index (χ2v) is 6.93. The molecule has 0 radical (unpaired) electrons. The molecule has 23 heavy (non-hydrogen) atoms. The summed E-state index contributed by atoms with van der Waals surface area (Å²) in [6.07, 6.45) is 2.33. The molecule has 0 aromatic carbocycles. The first-order valence-corrected chi connectivity index (χ1v) is 8.77. The highest BCUT2D eigenvalue weighted by Gasteiger charge is 2.19. The van der Waals surface area contributed by atoms with Gasteiger partial charge in [0.05, 0.1) is 0 Å². The number of anilines is 1. The van der Waals surface area contributed by atoms with E-state index >= 15 is 0 Å². The van der Waals surface area contributed by atoms with E-state index in [9.17, 15) is 4.79 Å². The van der Waals surface area contributed by atoms with Crippen LogP contribution in [-0.4, -0.2) is 40.6 Å².